The Morgan fingerprint density at radius 2 is 0.419 bits per heavy atom. The molecule has 0 atom stereocenters. The third-order valence-corrected chi connectivity index (χ3v) is 6.37. The molecular formula is C29H64N2. The molecular weight excluding hydrogens is 376 g/mol. The summed E-state index contributed by atoms with van der Waals surface area (Å²) >= 11 is 0. The van der Waals surface area contributed by atoms with Crippen molar-refractivity contribution in [3.8, 4) is 0 Å². The summed E-state index contributed by atoms with van der Waals surface area (Å²) in [6.45, 7) is 6.30. The lowest BCUT2D eigenvalue weighted by Crippen LogP contribution is -1.97. The second-order valence-corrected chi connectivity index (χ2v) is 9.71. The number of hydrogen-bond acceptors (Lipinski definition) is 2. The van der Waals surface area contributed by atoms with Crippen molar-refractivity contribution in [1.29, 1.82) is 0 Å². The van der Waals surface area contributed by atoms with Crippen molar-refractivity contribution in [1.82, 2.24) is 0 Å². The van der Waals surface area contributed by atoms with Gasteiger partial charge in [-0.3, -0.25) is 0 Å². The Morgan fingerprint density at radius 3 is 0.581 bits per heavy atom. The molecule has 0 aromatic rings. The molecule has 0 unspecified atom stereocenters. The molecule has 0 saturated heterocycles. The summed E-state index contributed by atoms with van der Waals surface area (Å²) in [5.41, 5.74) is 10.9. The van der Waals surface area contributed by atoms with Crippen molar-refractivity contribution < 1.29 is 0 Å². The van der Waals surface area contributed by atoms with Crippen LogP contribution >= 0.6 is 0 Å². The molecule has 0 aliphatic carbocycles. The van der Waals surface area contributed by atoms with Gasteiger partial charge < -0.3 is 11.5 Å². The van der Waals surface area contributed by atoms with Gasteiger partial charge in [0.1, 0.15) is 0 Å². The van der Waals surface area contributed by atoms with Gasteiger partial charge in [0.25, 0.3) is 0 Å². The second-order valence-electron chi connectivity index (χ2n) is 9.71. The Bertz CT molecular complexity index is 241. The highest BCUT2D eigenvalue weighted by molar-refractivity contribution is 4.50. The van der Waals surface area contributed by atoms with Crippen LogP contribution < -0.4 is 11.5 Å². The fourth-order valence-corrected chi connectivity index (χ4v) is 4.15. The molecule has 0 spiro atoms. The fraction of sp³-hybridized carbons (Fsp3) is 1.00. The minimum atomic E-state index is 0.871. The first kappa shape index (κ1) is 33.1. The molecule has 0 aliphatic rings. The average Bonchev–Trinajstić information content (AvgIpc) is 2.79. The van der Waals surface area contributed by atoms with E-state index in [4.69, 9.17) is 11.5 Å². The first-order valence-electron chi connectivity index (χ1n) is 14.7. The third-order valence-electron chi connectivity index (χ3n) is 6.37. The van der Waals surface area contributed by atoms with Gasteiger partial charge in [-0.2, -0.15) is 0 Å². The Kier molecular flexibility index (Phi) is 36.9. The van der Waals surface area contributed by atoms with Crippen LogP contribution in [0.2, 0.25) is 0 Å². The molecule has 2 heteroatoms. The van der Waals surface area contributed by atoms with Crippen LogP contribution in [0.1, 0.15) is 174 Å². The Morgan fingerprint density at radius 1 is 0.258 bits per heavy atom. The van der Waals surface area contributed by atoms with Gasteiger partial charge in [0, 0.05) is 0 Å². The Balaban J connectivity index is 0. The van der Waals surface area contributed by atoms with E-state index >= 15 is 0 Å². The zero-order valence-corrected chi connectivity index (χ0v) is 22.2. The first-order chi connectivity index (χ1) is 15.3. The third kappa shape index (κ3) is 37.6. The topological polar surface area (TPSA) is 52.0 Å². The van der Waals surface area contributed by atoms with Crippen LogP contribution in [0.25, 0.3) is 0 Å². The van der Waals surface area contributed by atoms with Gasteiger partial charge in [0.15, 0.2) is 0 Å². The van der Waals surface area contributed by atoms with Gasteiger partial charge >= 0.3 is 0 Å². The Labute approximate surface area is 199 Å². The number of nitrogens with two attached hydrogens (primary N) is 2. The van der Waals surface area contributed by atoms with Crippen molar-refractivity contribution in [2.75, 3.05) is 13.1 Å². The van der Waals surface area contributed by atoms with E-state index in [-0.39, 0.29) is 0 Å². The fourth-order valence-electron chi connectivity index (χ4n) is 4.15. The van der Waals surface area contributed by atoms with Gasteiger partial charge in [-0.15, -0.1) is 0 Å². The molecule has 0 saturated carbocycles. The molecule has 0 heterocycles. The van der Waals surface area contributed by atoms with E-state index in [0.717, 1.165) is 13.1 Å². The summed E-state index contributed by atoms with van der Waals surface area (Å²) in [5.74, 6) is 0. The zero-order chi connectivity index (χ0) is 23.1. The summed E-state index contributed by atoms with van der Waals surface area (Å²) in [5, 5.41) is 0. The van der Waals surface area contributed by atoms with Gasteiger partial charge in [-0.05, 0) is 25.9 Å². The van der Waals surface area contributed by atoms with Crippen LogP contribution in [0.4, 0.5) is 0 Å². The highest BCUT2D eigenvalue weighted by Crippen LogP contribution is 2.13. The molecule has 0 aromatic heterocycles. The number of rotatable bonds is 25. The van der Waals surface area contributed by atoms with Crippen molar-refractivity contribution >= 4 is 0 Å². The average molecular weight is 441 g/mol. The van der Waals surface area contributed by atoms with Gasteiger partial charge in [-0.1, -0.05) is 162 Å². The normalized spacial score (nSPS) is 10.8. The van der Waals surface area contributed by atoms with E-state index in [9.17, 15) is 0 Å². The van der Waals surface area contributed by atoms with Crippen molar-refractivity contribution in [2.45, 2.75) is 174 Å². The summed E-state index contributed by atoms with van der Waals surface area (Å²) < 4.78 is 0. The molecule has 31 heavy (non-hydrogen) atoms. The smallest absolute Gasteiger partial charge is 0.00773 e. The second kappa shape index (κ2) is 34.5. The molecule has 0 rings (SSSR count). The van der Waals surface area contributed by atoms with E-state index < -0.39 is 0 Å². The van der Waals surface area contributed by atoms with E-state index in [1.54, 1.807) is 0 Å². The molecule has 0 aromatic carbocycles. The quantitative estimate of drug-likeness (QED) is 0.139. The van der Waals surface area contributed by atoms with E-state index in [1.807, 2.05) is 0 Å². The van der Waals surface area contributed by atoms with Crippen LogP contribution in [0, 0.1) is 0 Å². The molecule has 0 fully saturated rings. The highest BCUT2D eigenvalue weighted by Gasteiger charge is 1.94. The lowest BCUT2D eigenvalue weighted by Gasteiger charge is -2.03. The van der Waals surface area contributed by atoms with Crippen molar-refractivity contribution in [2.24, 2.45) is 11.5 Å². The minimum absolute atomic E-state index is 0.871. The van der Waals surface area contributed by atoms with Crippen molar-refractivity contribution in [3.63, 3.8) is 0 Å². The molecule has 0 bridgehead atoms. The molecule has 4 N–H and O–H groups in total. The summed E-state index contributed by atoms with van der Waals surface area (Å²) in [6.07, 6.45) is 35.3. The van der Waals surface area contributed by atoms with Crippen molar-refractivity contribution in [3.05, 3.63) is 0 Å². The van der Waals surface area contributed by atoms with E-state index in [0.29, 0.717) is 0 Å². The van der Waals surface area contributed by atoms with E-state index in [1.165, 1.54) is 161 Å². The largest absolute Gasteiger partial charge is 0.330 e. The minimum Gasteiger partial charge on any atom is -0.330 e. The molecule has 0 radical (unpaired) electrons. The molecule has 0 amide bonds. The van der Waals surface area contributed by atoms with Crippen LogP contribution in [0.3, 0.4) is 0 Å². The van der Waals surface area contributed by atoms with Crippen LogP contribution in [0.5, 0.6) is 0 Å². The lowest BCUT2D eigenvalue weighted by atomic mass is 10.0. The maximum absolute atomic E-state index is 5.48. The molecule has 190 valence electrons. The van der Waals surface area contributed by atoms with Gasteiger partial charge in [0.2, 0.25) is 0 Å². The molecule has 2 nitrogen and oxygen atoms in total. The highest BCUT2D eigenvalue weighted by atomic mass is 14.5. The van der Waals surface area contributed by atoms with Crippen LogP contribution in [0.15, 0.2) is 0 Å². The van der Waals surface area contributed by atoms with Gasteiger partial charge in [-0.25, -0.2) is 0 Å². The van der Waals surface area contributed by atoms with E-state index in [2.05, 4.69) is 13.8 Å². The predicted molar refractivity (Wildman–Crippen MR) is 145 cm³/mol. The monoisotopic (exact) mass is 441 g/mol. The summed E-state index contributed by atoms with van der Waals surface area (Å²) in [7, 11) is 0. The first-order valence-corrected chi connectivity index (χ1v) is 14.7. The Hall–Kier alpha value is -0.0800. The predicted octanol–water partition coefficient (Wildman–Crippen LogP) is 9.68. The van der Waals surface area contributed by atoms with Crippen LogP contribution in [-0.2, 0) is 0 Å². The molecule has 0 aliphatic heterocycles. The maximum atomic E-state index is 5.48. The van der Waals surface area contributed by atoms with Gasteiger partial charge in [0.05, 0.1) is 0 Å². The number of unbranched alkanes of at least 4 members (excludes halogenated alkanes) is 23. The zero-order valence-electron chi connectivity index (χ0n) is 22.2. The standard InChI is InChI=1S/C18H39N.C11H25N/c1-2-3-4-5-6-7-8-9-10-11-12-13-14-15-16-17-18-19;1-2-3-4-5-6-7-8-9-10-11-12/h2-19H2,1H3;2-12H2,1H3. The SMILES string of the molecule is CCCCCCCCCCCCCCCCCCN.CCCCCCCCCCCN. The lowest BCUT2D eigenvalue weighted by molar-refractivity contribution is 0.530. The summed E-state index contributed by atoms with van der Waals surface area (Å²) in [4.78, 5) is 0. The summed E-state index contributed by atoms with van der Waals surface area (Å²) in [6, 6.07) is 0. The maximum Gasteiger partial charge on any atom is -0.00773 e. The number of hydrogen-bond donors (Lipinski definition) is 2. The van der Waals surface area contributed by atoms with Crippen LogP contribution in [-0.4, -0.2) is 13.1 Å².